The van der Waals surface area contributed by atoms with E-state index in [1.54, 1.807) is 36.4 Å². The highest BCUT2D eigenvalue weighted by Gasteiger charge is 2.14. The van der Waals surface area contributed by atoms with Crippen molar-refractivity contribution in [1.29, 1.82) is 0 Å². The molecule has 0 bridgehead atoms. The molecule has 0 radical (unpaired) electrons. The summed E-state index contributed by atoms with van der Waals surface area (Å²) in [6.45, 7) is 0.552. The highest BCUT2D eigenvalue weighted by molar-refractivity contribution is 6.06. The third kappa shape index (κ3) is 6.77. The summed E-state index contributed by atoms with van der Waals surface area (Å²) in [5, 5.41) is 9.17. The lowest BCUT2D eigenvalue weighted by Gasteiger charge is -2.21. The smallest absolute Gasteiger partial charge is 0.267 e. The fourth-order valence-electron chi connectivity index (χ4n) is 2.94. The Balaban J connectivity index is 1.50. The third-order valence-corrected chi connectivity index (χ3v) is 4.61. The molecule has 2 N–H and O–H groups in total. The zero-order valence-electron chi connectivity index (χ0n) is 16.6. The van der Waals surface area contributed by atoms with Crippen LogP contribution < -0.4 is 5.48 Å². The number of aliphatic hydroxyl groups excluding tert-OH is 1. The van der Waals surface area contributed by atoms with Crippen LogP contribution in [0.4, 0.5) is 0 Å². The van der Waals surface area contributed by atoms with Gasteiger partial charge in [0.05, 0.1) is 6.61 Å². The zero-order chi connectivity index (χ0) is 21.2. The summed E-state index contributed by atoms with van der Waals surface area (Å²) in [7, 11) is 0. The predicted molar refractivity (Wildman–Crippen MR) is 114 cm³/mol. The third-order valence-electron chi connectivity index (χ3n) is 4.61. The number of hydrogen-bond acceptors (Lipinski definition) is 5. The molecule has 0 aliphatic carbocycles. The fraction of sp³-hybridized carbons (Fsp3) is 0.250. The average Bonchev–Trinajstić information content (AvgIpc) is 2.81. The molecule has 30 heavy (non-hydrogen) atoms. The van der Waals surface area contributed by atoms with Crippen LogP contribution in [0.5, 0.6) is 0 Å². The first-order valence-corrected chi connectivity index (χ1v) is 9.91. The van der Waals surface area contributed by atoms with Gasteiger partial charge in [0.2, 0.25) is 0 Å². The number of aliphatic hydroxyl groups is 1. The van der Waals surface area contributed by atoms with Gasteiger partial charge in [-0.2, -0.15) is 0 Å². The van der Waals surface area contributed by atoms with Crippen molar-refractivity contribution in [1.82, 2.24) is 5.48 Å². The lowest BCUT2D eigenvalue weighted by atomic mass is 10.1. The summed E-state index contributed by atoms with van der Waals surface area (Å²) in [4.78, 5) is 29.3. The van der Waals surface area contributed by atoms with Crippen molar-refractivity contribution in [3.05, 3.63) is 82.9 Å². The normalized spacial score (nSPS) is 16.8. The number of ether oxygens (including phenoxy) is 1. The molecule has 1 unspecified atom stereocenters. The van der Waals surface area contributed by atoms with E-state index in [1.807, 2.05) is 24.3 Å². The second-order valence-electron chi connectivity index (χ2n) is 6.94. The first kappa shape index (κ1) is 21.6. The number of ketones is 1. The van der Waals surface area contributed by atoms with Gasteiger partial charge in [0.25, 0.3) is 5.91 Å². The van der Waals surface area contributed by atoms with Crippen LogP contribution in [0.3, 0.4) is 0 Å². The molecular formula is C24H25NO5. The standard InChI is InChI=1S/C24H25NO5/c26-17-20-4-3-5-21(16-20)22(27)13-11-18-7-9-19(10-8-18)12-14-23(28)25-30-24-6-1-2-15-29-24/h3-5,7-14,16,24,26H,1-2,6,15,17H2,(H,25,28). The number of hydroxylamine groups is 1. The molecule has 1 aliphatic rings. The van der Waals surface area contributed by atoms with Gasteiger partial charge in [-0.25, -0.2) is 10.3 Å². The molecule has 1 aliphatic heterocycles. The van der Waals surface area contributed by atoms with Crippen LogP contribution in [0.25, 0.3) is 12.2 Å². The first-order valence-electron chi connectivity index (χ1n) is 9.91. The largest absolute Gasteiger partial charge is 0.392 e. The van der Waals surface area contributed by atoms with E-state index in [-0.39, 0.29) is 24.6 Å². The van der Waals surface area contributed by atoms with E-state index in [4.69, 9.17) is 9.57 Å². The minimum atomic E-state index is -0.379. The summed E-state index contributed by atoms with van der Waals surface area (Å²) in [6.07, 6.45) is 8.74. The Hall–Kier alpha value is -3.06. The quantitative estimate of drug-likeness (QED) is 0.396. The Morgan fingerprint density at radius 2 is 1.80 bits per heavy atom. The van der Waals surface area contributed by atoms with Crippen molar-refractivity contribution < 1.29 is 24.3 Å². The Morgan fingerprint density at radius 1 is 1.07 bits per heavy atom. The highest BCUT2D eigenvalue weighted by Crippen LogP contribution is 2.13. The van der Waals surface area contributed by atoms with E-state index in [9.17, 15) is 14.7 Å². The van der Waals surface area contributed by atoms with E-state index in [2.05, 4.69) is 5.48 Å². The highest BCUT2D eigenvalue weighted by atomic mass is 16.8. The summed E-state index contributed by atoms with van der Waals surface area (Å²) in [5.74, 6) is -0.489. The SMILES string of the molecule is O=C(C=Cc1ccc(C=CC(=O)c2cccc(CO)c2)cc1)NOC1CCCCO1. The number of benzene rings is 2. The van der Waals surface area contributed by atoms with Crippen molar-refractivity contribution in [2.24, 2.45) is 0 Å². The van der Waals surface area contributed by atoms with E-state index < -0.39 is 0 Å². The monoisotopic (exact) mass is 407 g/mol. The van der Waals surface area contributed by atoms with Gasteiger partial charge in [-0.15, -0.1) is 0 Å². The Kier molecular flexibility index (Phi) is 8.09. The van der Waals surface area contributed by atoms with Gasteiger partial charge in [0, 0.05) is 24.7 Å². The summed E-state index contributed by atoms with van der Waals surface area (Å²) in [5.41, 5.74) is 5.31. The van der Waals surface area contributed by atoms with Crippen LogP contribution in [0.15, 0.2) is 60.7 Å². The van der Waals surface area contributed by atoms with Crippen LogP contribution in [0, 0.1) is 0 Å². The number of allylic oxidation sites excluding steroid dienone is 1. The first-order chi connectivity index (χ1) is 14.6. The second-order valence-corrected chi connectivity index (χ2v) is 6.94. The number of rotatable bonds is 8. The molecule has 6 nitrogen and oxygen atoms in total. The molecule has 1 heterocycles. The van der Waals surface area contributed by atoms with Crippen molar-refractivity contribution in [3.63, 3.8) is 0 Å². The van der Waals surface area contributed by atoms with Gasteiger partial charge >= 0.3 is 0 Å². The molecule has 1 amide bonds. The molecule has 1 saturated heterocycles. The zero-order valence-corrected chi connectivity index (χ0v) is 16.6. The predicted octanol–water partition coefficient (Wildman–Crippen LogP) is 3.66. The van der Waals surface area contributed by atoms with Gasteiger partial charge in [-0.1, -0.05) is 48.5 Å². The summed E-state index contributed by atoms with van der Waals surface area (Å²) < 4.78 is 5.38. The molecule has 0 aromatic heterocycles. The number of amides is 1. The molecule has 156 valence electrons. The lowest BCUT2D eigenvalue weighted by molar-refractivity contribution is -0.198. The average molecular weight is 407 g/mol. The van der Waals surface area contributed by atoms with E-state index >= 15 is 0 Å². The van der Waals surface area contributed by atoms with Crippen LogP contribution in [0.1, 0.15) is 46.3 Å². The van der Waals surface area contributed by atoms with Crippen LogP contribution in [-0.2, 0) is 21.0 Å². The van der Waals surface area contributed by atoms with Crippen LogP contribution >= 0.6 is 0 Å². The maximum absolute atomic E-state index is 12.3. The number of carbonyl (C=O) groups excluding carboxylic acids is 2. The molecule has 2 aromatic rings. The van der Waals surface area contributed by atoms with Crippen molar-refractivity contribution in [3.8, 4) is 0 Å². The number of hydrogen-bond donors (Lipinski definition) is 2. The topological polar surface area (TPSA) is 84.9 Å². The summed E-state index contributed by atoms with van der Waals surface area (Å²) >= 11 is 0. The van der Waals surface area contributed by atoms with Crippen LogP contribution in [0.2, 0.25) is 0 Å². The minimum absolute atomic E-state index is 0.0989. The maximum atomic E-state index is 12.3. The van der Waals surface area contributed by atoms with E-state index in [0.717, 1.165) is 30.4 Å². The van der Waals surface area contributed by atoms with Gasteiger partial charge in [0.1, 0.15) is 0 Å². The maximum Gasteiger partial charge on any atom is 0.267 e. The molecule has 1 atom stereocenters. The summed E-state index contributed by atoms with van der Waals surface area (Å²) in [6, 6.07) is 14.3. The number of nitrogens with one attached hydrogen (secondary N) is 1. The Bertz CT molecular complexity index is 911. The lowest BCUT2D eigenvalue weighted by Crippen LogP contribution is -2.32. The number of carbonyl (C=O) groups is 2. The van der Waals surface area contributed by atoms with Crippen LogP contribution in [-0.4, -0.2) is 29.7 Å². The Labute approximate surface area is 175 Å². The molecule has 3 rings (SSSR count). The fourth-order valence-corrected chi connectivity index (χ4v) is 2.94. The molecule has 0 spiro atoms. The molecule has 2 aromatic carbocycles. The van der Waals surface area contributed by atoms with Gasteiger partial charge in [-0.05, 0) is 47.8 Å². The van der Waals surface area contributed by atoms with Crippen molar-refractivity contribution in [2.75, 3.05) is 6.61 Å². The Morgan fingerprint density at radius 3 is 2.47 bits per heavy atom. The minimum Gasteiger partial charge on any atom is -0.392 e. The van der Waals surface area contributed by atoms with Gasteiger partial charge < -0.3 is 9.84 Å². The van der Waals surface area contributed by atoms with Crippen molar-refractivity contribution in [2.45, 2.75) is 32.2 Å². The molecule has 0 saturated carbocycles. The van der Waals surface area contributed by atoms with E-state index in [0.29, 0.717) is 17.7 Å². The van der Waals surface area contributed by atoms with Gasteiger partial charge in [0.15, 0.2) is 12.1 Å². The van der Waals surface area contributed by atoms with Crippen molar-refractivity contribution >= 4 is 23.8 Å². The molecule has 6 heteroatoms. The molecular weight excluding hydrogens is 382 g/mol. The second kappa shape index (κ2) is 11.2. The van der Waals surface area contributed by atoms with E-state index in [1.165, 1.54) is 12.2 Å². The van der Waals surface area contributed by atoms with Gasteiger partial charge in [-0.3, -0.25) is 9.59 Å². The molecule has 1 fully saturated rings.